The lowest BCUT2D eigenvalue weighted by Crippen LogP contribution is -2.44. The van der Waals surface area contributed by atoms with Crippen LogP contribution in [0.25, 0.3) is 0 Å². The molecule has 0 aliphatic carbocycles. The molecule has 1 heterocycles. The number of alkyl halides is 2. The Labute approximate surface area is 87.5 Å². The molecule has 15 heavy (non-hydrogen) atoms. The molecule has 0 radical (unpaired) electrons. The normalized spacial score (nSPS) is 26.7. The van der Waals surface area contributed by atoms with Crippen LogP contribution in [0.5, 0.6) is 0 Å². The fourth-order valence-electron chi connectivity index (χ4n) is 1.88. The Balaban J connectivity index is 2.64. The second kappa shape index (κ2) is 4.85. The molecule has 2 unspecified atom stereocenters. The van der Waals surface area contributed by atoms with Gasteiger partial charge in [-0.1, -0.05) is 0 Å². The molecule has 1 saturated heterocycles. The van der Waals surface area contributed by atoms with Crippen LogP contribution < -0.4 is 0 Å². The predicted octanol–water partition coefficient (Wildman–Crippen LogP) is -0.225. The molecule has 4 nitrogen and oxygen atoms in total. The van der Waals surface area contributed by atoms with Crippen LogP contribution in [0.15, 0.2) is 0 Å². The maximum absolute atomic E-state index is 12.2. The second-order valence-electron chi connectivity index (χ2n) is 4.10. The molecule has 2 atom stereocenters. The Hall–Kier alpha value is -0.750. The highest BCUT2D eigenvalue weighted by atomic mass is 19.3. The molecule has 0 aromatic rings. The molecule has 0 spiro atoms. The summed E-state index contributed by atoms with van der Waals surface area (Å²) in [6.07, 6.45) is -3.30. The molecule has 1 fully saturated rings. The zero-order valence-corrected chi connectivity index (χ0v) is 8.86. The van der Waals surface area contributed by atoms with Gasteiger partial charge >= 0.3 is 6.43 Å². The van der Waals surface area contributed by atoms with Gasteiger partial charge in [-0.15, -0.1) is 0 Å². The number of amides is 1. The summed E-state index contributed by atoms with van der Waals surface area (Å²) in [4.78, 5) is 14.0. The molecular weight excluding hydrogens is 206 g/mol. The van der Waals surface area contributed by atoms with Gasteiger partial charge in [0, 0.05) is 19.1 Å². The van der Waals surface area contributed by atoms with Crippen LogP contribution in [0.3, 0.4) is 0 Å². The van der Waals surface area contributed by atoms with Crippen LogP contribution in [0.4, 0.5) is 8.78 Å². The van der Waals surface area contributed by atoms with E-state index in [1.165, 1.54) is 0 Å². The highest BCUT2D eigenvalue weighted by molar-refractivity contribution is 5.80. The summed E-state index contributed by atoms with van der Waals surface area (Å²) in [5, 5.41) is 9.36. The van der Waals surface area contributed by atoms with E-state index in [1.807, 2.05) is 4.90 Å². The first-order valence-corrected chi connectivity index (χ1v) is 4.83. The minimum absolute atomic E-state index is 0.0156. The lowest BCUT2D eigenvalue weighted by atomic mass is 10.2. The number of aliphatic hydroxyl groups excluding tert-OH is 1. The van der Waals surface area contributed by atoms with E-state index in [0.29, 0.717) is 13.0 Å². The quantitative estimate of drug-likeness (QED) is 0.717. The molecular formula is C9H16F2N2O2. The van der Waals surface area contributed by atoms with Crippen molar-refractivity contribution in [3.63, 3.8) is 0 Å². The summed E-state index contributed by atoms with van der Waals surface area (Å²) in [5.41, 5.74) is 0. The number of carbonyl (C=O) groups is 1. The van der Waals surface area contributed by atoms with Crippen molar-refractivity contribution in [2.75, 3.05) is 27.2 Å². The zero-order chi connectivity index (χ0) is 11.6. The van der Waals surface area contributed by atoms with E-state index in [-0.39, 0.29) is 12.6 Å². The molecule has 0 aromatic carbocycles. The van der Waals surface area contributed by atoms with Gasteiger partial charge in [0.05, 0.1) is 6.10 Å². The Morgan fingerprint density at radius 2 is 2.20 bits per heavy atom. The lowest BCUT2D eigenvalue weighted by molar-refractivity contribution is -0.144. The van der Waals surface area contributed by atoms with Crippen LogP contribution in [-0.2, 0) is 4.79 Å². The van der Waals surface area contributed by atoms with Crippen molar-refractivity contribution in [1.82, 2.24) is 9.80 Å². The van der Waals surface area contributed by atoms with Crippen molar-refractivity contribution in [2.45, 2.75) is 25.0 Å². The number of aliphatic hydroxyl groups is 1. The number of carbonyl (C=O) groups excluding carboxylic acids is 1. The van der Waals surface area contributed by atoms with Gasteiger partial charge in [-0.3, -0.25) is 4.79 Å². The number of rotatable bonds is 3. The van der Waals surface area contributed by atoms with Crippen LogP contribution >= 0.6 is 0 Å². The van der Waals surface area contributed by atoms with Crippen molar-refractivity contribution in [2.24, 2.45) is 0 Å². The number of likely N-dealkylation sites (N-methyl/N-ethyl adjacent to an activating group) is 1. The van der Waals surface area contributed by atoms with Gasteiger partial charge in [0.15, 0.2) is 0 Å². The maximum Gasteiger partial charge on any atom is 0.315 e. The number of likely N-dealkylation sites (tertiary alicyclic amines) is 1. The Morgan fingerprint density at radius 3 is 2.67 bits per heavy atom. The number of hydrogen-bond donors (Lipinski definition) is 1. The average Bonchev–Trinajstić information content (AvgIpc) is 2.44. The standard InChI is InChI=1S/C9H16F2N2O2/c1-12(2)4-6-3-7(14)5-13(6)9(15)8(10)11/h6-8,14H,3-5H2,1-2H3. The minimum atomic E-state index is -2.99. The van der Waals surface area contributed by atoms with E-state index in [1.54, 1.807) is 14.1 Å². The van der Waals surface area contributed by atoms with Crippen LogP contribution in [0.2, 0.25) is 0 Å². The predicted molar refractivity (Wildman–Crippen MR) is 50.7 cm³/mol. The van der Waals surface area contributed by atoms with Crippen LogP contribution in [0, 0.1) is 0 Å². The van der Waals surface area contributed by atoms with Crippen LogP contribution in [0.1, 0.15) is 6.42 Å². The van der Waals surface area contributed by atoms with E-state index in [9.17, 15) is 18.7 Å². The van der Waals surface area contributed by atoms with Crippen molar-refractivity contribution in [3.05, 3.63) is 0 Å². The molecule has 0 bridgehead atoms. The Bertz CT molecular complexity index is 236. The van der Waals surface area contributed by atoms with Gasteiger partial charge in [0.2, 0.25) is 0 Å². The summed E-state index contributed by atoms with van der Waals surface area (Å²) in [7, 11) is 3.60. The van der Waals surface area contributed by atoms with E-state index < -0.39 is 18.4 Å². The molecule has 1 amide bonds. The topological polar surface area (TPSA) is 43.8 Å². The third-order valence-electron chi connectivity index (χ3n) is 2.44. The van der Waals surface area contributed by atoms with Gasteiger partial charge in [-0.2, -0.15) is 8.78 Å². The van der Waals surface area contributed by atoms with Crippen molar-refractivity contribution >= 4 is 5.91 Å². The van der Waals surface area contributed by atoms with E-state index in [2.05, 4.69) is 0 Å². The molecule has 1 aliphatic heterocycles. The number of nitrogens with zero attached hydrogens (tertiary/aromatic N) is 2. The van der Waals surface area contributed by atoms with E-state index in [0.717, 1.165) is 4.90 Å². The first-order chi connectivity index (χ1) is 6.91. The first-order valence-electron chi connectivity index (χ1n) is 4.83. The van der Waals surface area contributed by atoms with Gasteiger partial charge < -0.3 is 14.9 Å². The Kier molecular flexibility index (Phi) is 3.98. The molecule has 6 heteroatoms. The van der Waals surface area contributed by atoms with E-state index in [4.69, 9.17) is 0 Å². The van der Waals surface area contributed by atoms with Crippen LogP contribution in [-0.4, -0.2) is 66.6 Å². The van der Waals surface area contributed by atoms with Gasteiger partial charge in [-0.25, -0.2) is 0 Å². The summed E-state index contributed by atoms with van der Waals surface area (Å²) >= 11 is 0. The van der Waals surface area contributed by atoms with Crippen molar-refractivity contribution in [1.29, 1.82) is 0 Å². The van der Waals surface area contributed by atoms with E-state index >= 15 is 0 Å². The summed E-state index contributed by atoms with van der Waals surface area (Å²) in [5.74, 6) is -1.18. The summed E-state index contributed by atoms with van der Waals surface area (Å²) in [6.45, 7) is 0.511. The highest BCUT2D eigenvalue weighted by Crippen LogP contribution is 2.20. The number of halogens is 2. The third kappa shape index (κ3) is 3.10. The molecule has 1 N–H and O–H groups in total. The monoisotopic (exact) mass is 222 g/mol. The third-order valence-corrected chi connectivity index (χ3v) is 2.44. The molecule has 0 saturated carbocycles. The summed E-state index contributed by atoms with van der Waals surface area (Å²) < 4.78 is 24.5. The number of β-amino-alcohol motifs (C(OH)–C–C–N with tert-alkyl or cyclic N) is 1. The van der Waals surface area contributed by atoms with Crippen molar-refractivity contribution < 1.29 is 18.7 Å². The maximum atomic E-state index is 12.2. The molecule has 1 rings (SSSR count). The summed E-state index contributed by atoms with van der Waals surface area (Å²) in [6, 6.07) is -0.309. The van der Waals surface area contributed by atoms with Gasteiger partial charge in [0.25, 0.3) is 5.91 Å². The zero-order valence-electron chi connectivity index (χ0n) is 8.86. The van der Waals surface area contributed by atoms with Crippen molar-refractivity contribution in [3.8, 4) is 0 Å². The van der Waals surface area contributed by atoms with Gasteiger partial charge in [-0.05, 0) is 20.5 Å². The molecule has 0 aromatic heterocycles. The largest absolute Gasteiger partial charge is 0.391 e. The Morgan fingerprint density at radius 1 is 1.60 bits per heavy atom. The highest BCUT2D eigenvalue weighted by Gasteiger charge is 2.37. The first kappa shape index (κ1) is 12.3. The average molecular weight is 222 g/mol. The molecule has 1 aliphatic rings. The smallest absolute Gasteiger partial charge is 0.315 e. The lowest BCUT2D eigenvalue weighted by Gasteiger charge is -2.26. The fraction of sp³-hybridized carbons (Fsp3) is 0.889. The SMILES string of the molecule is CN(C)CC1CC(O)CN1C(=O)C(F)F. The van der Waals surface area contributed by atoms with Gasteiger partial charge in [0.1, 0.15) is 0 Å². The molecule has 88 valence electrons. The fourth-order valence-corrected chi connectivity index (χ4v) is 1.88. The minimum Gasteiger partial charge on any atom is -0.391 e. The second-order valence-corrected chi connectivity index (χ2v) is 4.10. The number of hydrogen-bond acceptors (Lipinski definition) is 3.